The van der Waals surface area contributed by atoms with Crippen LogP contribution in [0.3, 0.4) is 0 Å². The van der Waals surface area contributed by atoms with Gasteiger partial charge in [-0.05, 0) is 0 Å². The van der Waals surface area contributed by atoms with Gasteiger partial charge in [0.25, 0.3) is 0 Å². The third-order valence-corrected chi connectivity index (χ3v) is 0. The molecule has 12 N–H and O–H groups in total. The molecule has 0 bridgehead atoms. The van der Waals surface area contributed by atoms with Crippen molar-refractivity contribution >= 4 is 146 Å². The van der Waals surface area contributed by atoms with Gasteiger partial charge in [-0.25, -0.2) is 0 Å². The summed E-state index contributed by atoms with van der Waals surface area (Å²) in [4.78, 5) is 0. The van der Waals surface area contributed by atoms with Crippen molar-refractivity contribution in [2.24, 2.45) is 0 Å². The van der Waals surface area contributed by atoms with E-state index in [2.05, 4.69) is 0 Å². The van der Waals surface area contributed by atoms with Crippen LogP contribution in [0, 0.1) is 0 Å². The fourth-order valence-electron chi connectivity index (χ4n) is 0. The molecule has 16 heavy (non-hydrogen) atoms. The molecule has 0 aromatic heterocycles. The van der Waals surface area contributed by atoms with Crippen LogP contribution in [0.2, 0.25) is 0 Å². The van der Waals surface area contributed by atoms with Crippen molar-refractivity contribution in [1.29, 1.82) is 0 Å². The zero-order chi connectivity index (χ0) is 0. The van der Waals surface area contributed by atoms with E-state index in [1.165, 1.54) is 0 Å². The molecule has 96 valence electrons. The maximum atomic E-state index is 0. The van der Waals surface area contributed by atoms with Gasteiger partial charge >= 0.3 is 146 Å². The summed E-state index contributed by atoms with van der Waals surface area (Å²) in [5.74, 6) is 0. The van der Waals surface area contributed by atoms with Crippen LogP contribution >= 0.6 is 0 Å². The standard InChI is InChI=1S/2Ba.12H2O.2Sn/h;;12*1H2;;/q2*+2;;;;;;;;;;;;;2*+4/p-12. The Morgan fingerprint density at radius 3 is 0.188 bits per heavy atom. The van der Waals surface area contributed by atoms with Gasteiger partial charge in [0.05, 0.1) is 0 Å². The topological polar surface area (TPSA) is 360 Å². The van der Waals surface area contributed by atoms with Gasteiger partial charge in [0.2, 0.25) is 0 Å². The fraction of sp³-hybridized carbons (Fsp3) is 0. The molecule has 0 saturated carbocycles. The Labute approximate surface area is 206 Å². The molecule has 0 spiro atoms. The van der Waals surface area contributed by atoms with Crippen LogP contribution in [0.25, 0.3) is 0 Å². The van der Waals surface area contributed by atoms with Crippen LogP contribution in [-0.4, -0.2) is 211 Å². The van der Waals surface area contributed by atoms with Crippen molar-refractivity contribution in [2.75, 3.05) is 0 Å². The first-order chi connectivity index (χ1) is 0. The van der Waals surface area contributed by atoms with Crippen molar-refractivity contribution in [1.82, 2.24) is 0 Å². The molecule has 0 unspecified atom stereocenters. The molecular formula is H12Ba2O12Sn2. The Morgan fingerprint density at radius 2 is 0.188 bits per heavy atom. The van der Waals surface area contributed by atoms with Gasteiger partial charge in [0, 0.05) is 0 Å². The summed E-state index contributed by atoms with van der Waals surface area (Å²) in [6.45, 7) is 0. The largest absolute Gasteiger partial charge is 4.00 e. The van der Waals surface area contributed by atoms with Gasteiger partial charge in [-0.2, -0.15) is 0 Å². The predicted molar refractivity (Wildman–Crippen MR) is 46.2 cm³/mol. The third-order valence-electron chi connectivity index (χ3n) is 0. The zero-order valence-electron chi connectivity index (χ0n) is 7.78. The first-order valence-electron chi connectivity index (χ1n) is 0. The summed E-state index contributed by atoms with van der Waals surface area (Å²) < 4.78 is 0. The van der Waals surface area contributed by atoms with E-state index in [0.29, 0.717) is 0 Å². The maximum Gasteiger partial charge on any atom is 4.00 e. The molecule has 0 heterocycles. The van der Waals surface area contributed by atoms with Gasteiger partial charge in [-0.3, -0.25) is 0 Å². The molecule has 0 aliphatic carbocycles. The molecule has 0 atom stereocenters. The molecular weight excluding hydrogens is 704 g/mol. The summed E-state index contributed by atoms with van der Waals surface area (Å²) in [5, 5.41) is 0. The van der Waals surface area contributed by atoms with Gasteiger partial charge in [-0.15, -0.1) is 0 Å². The smallest absolute Gasteiger partial charge is 0.870 e. The van der Waals surface area contributed by atoms with E-state index in [1.54, 1.807) is 0 Å². The van der Waals surface area contributed by atoms with E-state index in [0.717, 1.165) is 0 Å². The Bertz CT molecular complexity index is 17.0. The zero-order valence-corrected chi connectivity index (χ0v) is 22.4. The molecule has 16 heteroatoms. The number of rotatable bonds is 0. The van der Waals surface area contributed by atoms with Crippen LogP contribution in [0.15, 0.2) is 0 Å². The normalized spacial score (nSPS) is 0. The fourth-order valence-corrected chi connectivity index (χ4v) is 0. The second kappa shape index (κ2) is 354. The Balaban J connectivity index is 0. The van der Waals surface area contributed by atoms with Gasteiger partial charge < -0.3 is 65.7 Å². The van der Waals surface area contributed by atoms with Crippen LogP contribution < -0.4 is 0 Å². The second-order valence-corrected chi connectivity index (χ2v) is 0. The average molecular weight is 716 g/mol. The van der Waals surface area contributed by atoms with E-state index in [9.17, 15) is 0 Å². The summed E-state index contributed by atoms with van der Waals surface area (Å²) in [5.41, 5.74) is 0. The van der Waals surface area contributed by atoms with Crippen LogP contribution in [-0.2, 0) is 0 Å². The molecule has 0 amide bonds. The summed E-state index contributed by atoms with van der Waals surface area (Å²) in [6, 6.07) is 0. The predicted octanol–water partition coefficient (Wildman–Crippen LogP) is -3.64. The van der Waals surface area contributed by atoms with Crippen molar-refractivity contribution in [2.45, 2.75) is 0 Å². The molecule has 12 nitrogen and oxygen atoms in total. The van der Waals surface area contributed by atoms with Crippen LogP contribution in [0.4, 0.5) is 0 Å². The number of hydrogen-bond donors (Lipinski definition) is 0. The number of hydrogen-bond acceptors (Lipinski definition) is 12. The SMILES string of the molecule is [Ba+2].[Ba+2].[OH-].[OH-].[OH-].[OH-].[OH-].[OH-].[OH-].[OH-].[OH-].[OH-].[OH-].[OH-].[Sn+4].[Sn+4]. The van der Waals surface area contributed by atoms with E-state index in [-0.39, 0.29) is 211 Å². The summed E-state index contributed by atoms with van der Waals surface area (Å²) >= 11 is 0. The summed E-state index contributed by atoms with van der Waals surface area (Å²) in [6.07, 6.45) is 0. The molecule has 0 rings (SSSR count). The minimum Gasteiger partial charge on any atom is -0.870 e. The molecule has 0 saturated heterocycles. The molecule has 0 fully saturated rings. The maximum absolute atomic E-state index is 0. The van der Waals surface area contributed by atoms with Crippen molar-refractivity contribution in [3.05, 3.63) is 0 Å². The van der Waals surface area contributed by atoms with Crippen molar-refractivity contribution < 1.29 is 65.7 Å². The first kappa shape index (κ1) is 414. The third kappa shape index (κ3) is 300. The first-order valence-corrected chi connectivity index (χ1v) is 0. The second-order valence-electron chi connectivity index (χ2n) is 0. The van der Waals surface area contributed by atoms with Gasteiger partial charge in [-0.1, -0.05) is 0 Å². The minimum absolute atomic E-state index is 0. The van der Waals surface area contributed by atoms with Crippen molar-refractivity contribution in [3.8, 4) is 0 Å². The van der Waals surface area contributed by atoms with Crippen LogP contribution in [0.1, 0.15) is 0 Å². The van der Waals surface area contributed by atoms with Gasteiger partial charge in [0.15, 0.2) is 0 Å². The molecule has 0 aliphatic rings. The van der Waals surface area contributed by atoms with Gasteiger partial charge in [0.1, 0.15) is 0 Å². The molecule has 0 aromatic carbocycles. The Morgan fingerprint density at radius 1 is 0.188 bits per heavy atom. The average Bonchev–Trinajstić information content (AvgIpc) is 0. The summed E-state index contributed by atoms with van der Waals surface area (Å²) in [7, 11) is 0. The molecule has 0 aromatic rings. The van der Waals surface area contributed by atoms with E-state index >= 15 is 0 Å². The quantitative estimate of drug-likeness (QED) is 0.219. The Hall–Kier alpha value is 4.26. The molecule has 0 aliphatic heterocycles. The van der Waals surface area contributed by atoms with E-state index < -0.39 is 0 Å². The Kier molecular flexibility index (Phi) is 9160. The van der Waals surface area contributed by atoms with Crippen molar-refractivity contribution in [3.63, 3.8) is 0 Å². The minimum atomic E-state index is 0. The monoisotopic (exact) mass is 720 g/mol. The van der Waals surface area contributed by atoms with E-state index in [1.807, 2.05) is 0 Å². The van der Waals surface area contributed by atoms with E-state index in [4.69, 9.17) is 0 Å². The van der Waals surface area contributed by atoms with Crippen LogP contribution in [0.5, 0.6) is 0 Å². The molecule has 0 radical (unpaired) electrons.